The fourth-order valence-electron chi connectivity index (χ4n) is 2.81. The molecule has 0 bridgehead atoms. The van der Waals surface area contributed by atoms with Crippen molar-refractivity contribution in [3.8, 4) is 5.75 Å². The second kappa shape index (κ2) is 8.53. The molecule has 1 aromatic carbocycles. The van der Waals surface area contributed by atoms with Gasteiger partial charge in [0.2, 0.25) is 5.91 Å². The van der Waals surface area contributed by atoms with Crippen LogP contribution < -0.4 is 10.1 Å². The van der Waals surface area contributed by atoms with Gasteiger partial charge in [0, 0.05) is 18.9 Å². The Balaban J connectivity index is 1.90. The summed E-state index contributed by atoms with van der Waals surface area (Å²) in [6.45, 7) is 1.04. The quantitative estimate of drug-likeness (QED) is 0.797. The molecule has 2 unspecified atom stereocenters. The summed E-state index contributed by atoms with van der Waals surface area (Å²) < 4.78 is 10.6. The van der Waals surface area contributed by atoms with E-state index in [1.54, 1.807) is 7.11 Å². The minimum atomic E-state index is -1.01. The van der Waals surface area contributed by atoms with Gasteiger partial charge in [0.15, 0.2) is 0 Å². The summed E-state index contributed by atoms with van der Waals surface area (Å²) in [4.78, 5) is 23.5. The summed E-state index contributed by atoms with van der Waals surface area (Å²) in [7, 11) is 1.59. The van der Waals surface area contributed by atoms with Gasteiger partial charge in [-0.1, -0.05) is 18.2 Å². The van der Waals surface area contributed by atoms with Crippen LogP contribution in [0.2, 0.25) is 0 Å². The van der Waals surface area contributed by atoms with Crippen LogP contribution in [0, 0.1) is 5.92 Å². The van der Waals surface area contributed by atoms with Gasteiger partial charge in [0.05, 0.1) is 13.7 Å². The molecule has 2 atom stereocenters. The van der Waals surface area contributed by atoms with Crippen LogP contribution in [-0.4, -0.2) is 43.3 Å². The molecule has 1 aliphatic heterocycles. The molecule has 23 heavy (non-hydrogen) atoms. The van der Waals surface area contributed by atoms with Crippen LogP contribution in [0.15, 0.2) is 24.3 Å². The smallest absolute Gasteiger partial charge is 0.326 e. The Hall–Kier alpha value is -2.08. The van der Waals surface area contributed by atoms with E-state index in [9.17, 15) is 14.7 Å². The molecule has 0 aromatic heterocycles. The fraction of sp³-hybridized carbons (Fsp3) is 0.529. The first-order valence-electron chi connectivity index (χ1n) is 7.83. The predicted octanol–water partition coefficient (Wildman–Crippen LogP) is 1.62. The van der Waals surface area contributed by atoms with Crippen molar-refractivity contribution in [2.24, 2.45) is 5.92 Å². The van der Waals surface area contributed by atoms with Gasteiger partial charge in [-0.25, -0.2) is 4.79 Å². The SMILES string of the molecule is COc1ccccc1CCC(=O)NC(C(=O)O)C1CCCOC1. The molecule has 126 valence electrons. The van der Waals surface area contributed by atoms with Gasteiger partial charge in [-0.05, 0) is 30.9 Å². The number of aliphatic carboxylic acids is 1. The number of nitrogens with one attached hydrogen (secondary N) is 1. The van der Waals surface area contributed by atoms with E-state index in [1.807, 2.05) is 24.3 Å². The number of hydrogen-bond acceptors (Lipinski definition) is 4. The third-order valence-electron chi connectivity index (χ3n) is 4.06. The van der Waals surface area contributed by atoms with Gasteiger partial charge >= 0.3 is 5.97 Å². The van der Waals surface area contributed by atoms with E-state index in [1.165, 1.54) is 0 Å². The van der Waals surface area contributed by atoms with Crippen molar-refractivity contribution >= 4 is 11.9 Å². The maximum absolute atomic E-state index is 12.1. The predicted molar refractivity (Wildman–Crippen MR) is 84.4 cm³/mol. The van der Waals surface area contributed by atoms with Crippen LogP contribution in [0.4, 0.5) is 0 Å². The number of amides is 1. The van der Waals surface area contributed by atoms with Gasteiger partial charge in [0.1, 0.15) is 11.8 Å². The number of methoxy groups -OCH3 is 1. The molecule has 0 radical (unpaired) electrons. The summed E-state index contributed by atoms with van der Waals surface area (Å²) in [5, 5.41) is 12.0. The standard InChI is InChI=1S/C17H23NO5/c1-22-14-7-3-2-5-12(14)8-9-15(19)18-16(17(20)21)13-6-4-10-23-11-13/h2-3,5,7,13,16H,4,6,8-11H2,1H3,(H,18,19)(H,20,21). The van der Waals surface area contributed by atoms with Crippen LogP contribution in [0.3, 0.4) is 0 Å². The molecule has 6 nitrogen and oxygen atoms in total. The van der Waals surface area contributed by atoms with Crippen molar-refractivity contribution in [3.05, 3.63) is 29.8 Å². The molecule has 1 heterocycles. The molecule has 0 aliphatic carbocycles. The lowest BCUT2D eigenvalue weighted by Gasteiger charge is -2.28. The zero-order valence-corrected chi connectivity index (χ0v) is 13.3. The number of ether oxygens (including phenoxy) is 2. The highest BCUT2D eigenvalue weighted by Gasteiger charge is 2.31. The number of carbonyl (C=O) groups is 2. The highest BCUT2D eigenvalue weighted by Crippen LogP contribution is 2.20. The van der Waals surface area contributed by atoms with E-state index in [4.69, 9.17) is 9.47 Å². The first-order valence-corrected chi connectivity index (χ1v) is 7.83. The van der Waals surface area contributed by atoms with Crippen molar-refractivity contribution in [1.29, 1.82) is 0 Å². The van der Waals surface area contributed by atoms with E-state index in [0.29, 0.717) is 19.6 Å². The lowest BCUT2D eigenvalue weighted by Crippen LogP contribution is -2.48. The number of hydrogen-bond donors (Lipinski definition) is 2. The Kier molecular flexibility index (Phi) is 6.40. The first-order chi connectivity index (χ1) is 11.1. The van der Waals surface area contributed by atoms with Crippen LogP contribution in [0.25, 0.3) is 0 Å². The summed E-state index contributed by atoms with van der Waals surface area (Å²) in [6, 6.07) is 6.60. The Bertz CT molecular complexity index is 540. The van der Waals surface area contributed by atoms with Gasteiger partial charge < -0.3 is 19.9 Å². The summed E-state index contributed by atoms with van der Waals surface area (Å²) in [6.07, 6.45) is 2.30. The number of carboxylic acid groups (broad SMARTS) is 1. The highest BCUT2D eigenvalue weighted by atomic mass is 16.5. The molecule has 0 spiro atoms. The number of carbonyl (C=O) groups excluding carboxylic acids is 1. The van der Waals surface area contributed by atoms with Gasteiger partial charge in [0.25, 0.3) is 0 Å². The summed E-state index contributed by atoms with van der Waals surface area (Å²) in [5.74, 6) is -0.716. The average Bonchev–Trinajstić information content (AvgIpc) is 2.58. The Labute approximate surface area is 135 Å². The normalized spacial score (nSPS) is 18.9. The maximum atomic E-state index is 12.1. The number of benzene rings is 1. The van der Waals surface area contributed by atoms with Crippen molar-refractivity contribution in [3.63, 3.8) is 0 Å². The number of para-hydroxylation sites is 1. The third kappa shape index (κ3) is 4.96. The molecule has 2 N–H and O–H groups in total. The first kappa shape index (κ1) is 17.3. The van der Waals surface area contributed by atoms with Gasteiger partial charge in [-0.3, -0.25) is 4.79 Å². The minimum Gasteiger partial charge on any atom is -0.496 e. The monoisotopic (exact) mass is 321 g/mol. The molecule has 0 saturated carbocycles. The van der Waals surface area contributed by atoms with Crippen LogP contribution in [0.1, 0.15) is 24.8 Å². The summed E-state index contributed by atoms with van der Waals surface area (Å²) >= 11 is 0. The largest absolute Gasteiger partial charge is 0.496 e. The van der Waals surface area contributed by atoms with E-state index in [-0.39, 0.29) is 18.2 Å². The molecule has 1 fully saturated rings. The van der Waals surface area contributed by atoms with Crippen LogP contribution in [-0.2, 0) is 20.7 Å². The average molecular weight is 321 g/mol. The highest BCUT2D eigenvalue weighted by molar-refractivity contribution is 5.83. The van der Waals surface area contributed by atoms with Crippen molar-refractivity contribution < 1.29 is 24.2 Å². The van der Waals surface area contributed by atoms with Crippen LogP contribution in [0.5, 0.6) is 5.75 Å². The zero-order chi connectivity index (χ0) is 16.7. The molecule has 1 aromatic rings. The van der Waals surface area contributed by atoms with Crippen molar-refractivity contribution in [2.75, 3.05) is 20.3 Å². The van der Waals surface area contributed by atoms with E-state index >= 15 is 0 Å². The Morgan fingerprint density at radius 1 is 1.43 bits per heavy atom. The molecular weight excluding hydrogens is 298 g/mol. The Morgan fingerprint density at radius 2 is 2.22 bits per heavy atom. The molecule has 1 amide bonds. The number of rotatable bonds is 7. The third-order valence-corrected chi connectivity index (χ3v) is 4.06. The number of carboxylic acids is 1. The van der Waals surface area contributed by atoms with E-state index < -0.39 is 12.0 Å². The van der Waals surface area contributed by atoms with Gasteiger partial charge in [-0.2, -0.15) is 0 Å². The molecule has 2 rings (SSSR count). The van der Waals surface area contributed by atoms with Crippen molar-refractivity contribution in [2.45, 2.75) is 31.7 Å². The zero-order valence-electron chi connectivity index (χ0n) is 13.3. The van der Waals surface area contributed by atoms with Crippen LogP contribution >= 0.6 is 0 Å². The molecule has 6 heteroatoms. The second-order valence-corrected chi connectivity index (χ2v) is 5.67. The van der Waals surface area contributed by atoms with E-state index in [0.717, 1.165) is 24.2 Å². The fourth-order valence-corrected chi connectivity index (χ4v) is 2.81. The van der Waals surface area contributed by atoms with Gasteiger partial charge in [-0.15, -0.1) is 0 Å². The molecule has 1 aliphatic rings. The molecule has 1 saturated heterocycles. The molecular formula is C17H23NO5. The lowest BCUT2D eigenvalue weighted by atomic mass is 9.93. The maximum Gasteiger partial charge on any atom is 0.326 e. The van der Waals surface area contributed by atoms with E-state index in [2.05, 4.69) is 5.32 Å². The topological polar surface area (TPSA) is 84.9 Å². The second-order valence-electron chi connectivity index (χ2n) is 5.67. The number of aryl methyl sites for hydroxylation is 1. The van der Waals surface area contributed by atoms with Crippen molar-refractivity contribution in [1.82, 2.24) is 5.32 Å². The minimum absolute atomic E-state index is 0.170. The summed E-state index contributed by atoms with van der Waals surface area (Å²) in [5.41, 5.74) is 0.929. The Morgan fingerprint density at radius 3 is 2.87 bits per heavy atom. The lowest BCUT2D eigenvalue weighted by molar-refractivity contribution is -0.145.